The lowest BCUT2D eigenvalue weighted by molar-refractivity contribution is 0.0697. The Bertz CT molecular complexity index is 819. The van der Waals surface area contributed by atoms with Gasteiger partial charge in [0.05, 0.1) is 25.4 Å². The van der Waals surface area contributed by atoms with Crippen LogP contribution >= 0.6 is 0 Å². The minimum absolute atomic E-state index is 0.121. The van der Waals surface area contributed by atoms with Crippen molar-refractivity contribution >= 4 is 17.7 Å². The smallest absolute Gasteiger partial charge is 0.414 e. The fraction of sp³-hybridized carbons (Fsp3) is 0.235. The molecule has 0 aliphatic carbocycles. The van der Waals surface area contributed by atoms with E-state index >= 15 is 0 Å². The number of nitrogens with zero attached hydrogens (tertiary/aromatic N) is 2. The highest BCUT2D eigenvalue weighted by Crippen LogP contribution is 2.35. The summed E-state index contributed by atoms with van der Waals surface area (Å²) in [5, 5.41) is 9.51. The summed E-state index contributed by atoms with van der Waals surface area (Å²) >= 11 is 0. The Balaban J connectivity index is 2.19. The van der Waals surface area contributed by atoms with Crippen LogP contribution in [0.3, 0.4) is 0 Å². The normalized spacial score (nSPS) is 13.8. The maximum atomic E-state index is 11.8. The molecule has 1 aliphatic heterocycles. The lowest BCUT2D eigenvalue weighted by Crippen LogP contribution is -2.23. The van der Waals surface area contributed by atoms with Crippen LogP contribution in [0.5, 0.6) is 5.75 Å². The monoisotopic (exact) mass is 328 g/mol. The Morgan fingerprint density at radius 1 is 1.33 bits per heavy atom. The van der Waals surface area contributed by atoms with Crippen molar-refractivity contribution in [3.8, 4) is 16.9 Å². The quantitative estimate of drug-likeness (QED) is 0.928. The zero-order valence-corrected chi connectivity index (χ0v) is 13.3. The predicted molar refractivity (Wildman–Crippen MR) is 86.6 cm³/mol. The Labute approximate surface area is 138 Å². The first-order chi connectivity index (χ1) is 11.5. The van der Waals surface area contributed by atoms with Crippen LogP contribution in [-0.4, -0.2) is 42.4 Å². The van der Waals surface area contributed by atoms with Gasteiger partial charge in [0.1, 0.15) is 12.4 Å². The van der Waals surface area contributed by atoms with Crippen molar-refractivity contribution in [2.45, 2.75) is 6.92 Å². The molecule has 1 N–H and O–H groups in total. The number of carbonyl (C=O) groups is 2. The Hall–Kier alpha value is -3.09. The summed E-state index contributed by atoms with van der Waals surface area (Å²) in [5.74, 6) is -0.596. The first-order valence-electron chi connectivity index (χ1n) is 7.34. The number of methoxy groups -OCH3 is 1. The average molecular weight is 328 g/mol. The second-order valence-corrected chi connectivity index (χ2v) is 5.33. The van der Waals surface area contributed by atoms with Crippen molar-refractivity contribution in [3.05, 3.63) is 41.7 Å². The van der Waals surface area contributed by atoms with Crippen LogP contribution in [0.4, 0.5) is 10.5 Å². The van der Waals surface area contributed by atoms with E-state index in [1.807, 2.05) is 6.92 Å². The van der Waals surface area contributed by atoms with Gasteiger partial charge in [-0.05, 0) is 31.2 Å². The molecule has 0 radical (unpaired) electrons. The van der Waals surface area contributed by atoms with Crippen molar-refractivity contribution in [1.82, 2.24) is 4.98 Å². The van der Waals surface area contributed by atoms with E-state index in [-0.39, 0.29) is 5.56 Å². The molecule has 0 atom stereocenters. The first-order valence-corrected chi connectivity index (χ1v) is 7.34. The van der Waals surface area contributed by atoms with Crippen LogP contribution in [0.2, 0.25) is 0 Å². The maximum Gasteiger partial charge on any atom is 0.414 e. The second kappa shape index (κ2) is 6.19. The number of rotatable bonds is 4. The van der Waals surface area contributed by atoms with Crippen molar-refractivity contribution in [1.29, 1.82) is 0 Å². The summed E-state index contributed by atoms with van der Waals surface area (Å²) in [6.07, 6.45) is 1.11. The van der Waals surface area contributed by atoms with Crippen molar-refractivity contribution < 1.29 is 24.2 Å². The molecule has 2 aromatic rings. The molecule has 1 saturated heterocycles. The zero-order valence-electron chi connectivity index (χ0n) is 13.3. The summed E-state index contributed by atoms with van der Waals surface area (Å²) in [6, 6.07) is 6.49. The summed E-state index contributed by atoms with van der Waals surface area (Å²) in [7, 11) is 1.50. The number of amides is 1. The van der Waals surface area contributed by atoms with Crippen LogP contribution in [0.15, 0.2) is 30.5 Å². The second-order valence-electron chi connectivity index (χ2n) is 5.33. The van der Waals surface area contributed by atoms with Gasteiger partial charge in [-0.15, -0.1) is 0 Å². The first kappa shape index (κ1) is 15.8. The van der Waals surface area contributed by atoms with Gasteiger partial charge >= 0.3 is 12.1 Å². The third-order valence-electron chi connectivity index (χ3n) is 3.82. The zero-order chi connectivity index (χ0) is 17.3. The van der Waals surface area contributed by atoms with Gasteiger partial charge in [-0.1, -0.05) is 0 Å². The molecule has 7 nitrogen and oxygen atoms in total. The molecule has 3 rings (SSSR count). The van der Waals surface area contributed by atoms with Crippen LogP contribution in [-0.2, 0) is 4.74 Å². The molecule has 1 amide bonds. The van der Waals surface area contributed by atoms with E-state index in [9.17, 15) is 14.7 Å². The van der Waals surface area contributed by atoms with E-state index in [0.29, 0.717) is 35.7 Å². The molecule has 24 heavy (non-hydrogen) atoms. The SMILES string of the molecule is COc1cnc(C)cc1-c1cc(N2CCOC2=O)ccc1C(=O)O. The molecule has 1 aromatic heterocycles. The fourth-order valence-corrected chi connectivity index (χ4v) is 2.66. The highest BCUT2D eigenvalue weighted by atomic mass is 16.6. The van der Waals surface area contributed by atoms with Gasteiger partial charge in [0.2, 0.25) is 0 Å². The molecule has 124 valence electrons. The highest BCUT2D eigenvalue weighted by molar-refractivity contribution is 5.99. The van der Waals surface area contributed by atoms with Gasteiger partial charge in [-0.3, -0.25) is 9.88 Å². The molecular formula is C17H16N2O5. The molecule has 1 fully saturated rings. The number of hydrogen-bond acceptors (Lipinski definition) is 5. The number of carbonyl (C=O) groups excluding carboxylic acids is 1. The number of carboxylic acids is 1. The average Bonchev–Trinajstić information content (AvgIpc) is 3.00. The van der Waals surface area contributed by atoms with E-state index < -0.39 is 12.1 Å². The number of benzene rings is 1. The van der Waals surface area contributed by atoms with Gasteiger partial charge in [0.25, 0.3) is 0 Å². The third kappa shape index (κ3) is 2.76. The van der Waals surface area contributed by atoms with Gasteiger partial charge in [-0.2, -0.15) is 0 Å². The minimum Gasteiger partial charge on any atom is -0.494 e. The van der Waals surface area contributed by atoms with Crippen LogP contribution in [0, 0.1) is 6.92 Å². The largest absolute Gasteiger partial charge is 0.494 e. The fourth-order valence-electron chi connectivity index (χ4n) is 2.66. The predicted octanol–water partition coefficient (Wildman–Crippen LogP) is 2.72. The molecule has 1 aliphatic rings. The minimum atomic E-state index is -1.06. The number of aryl methyl sites for hydroxylation is 1. The number of hydrogen-bond donors (Lipinski definition) is 1. The third-order valence-corrected chi connectivity index (χ3v) is 3.82. The van der Waals surface area contributed by atoms with Gasteiger partial charge in [0, 0.05) is 22.5 Å². The number of aromatic nitrogens is 1. The topological polar surface area (TPSA) is 89.0 Å². The van der Waals surface area contributed by atoms with Gasteiger partial charge in [0.15, 0.2) is 0 Å². The van der Waals surface area contributed by atoms with Gasteiger partial charge < -0.3 is 14.6 Å². The molecule has 0 bridgehead atoms. The summed E-state index contributed by atoms with van der Waals surface area (Å²) < 4.78 is 10.3. The molecule has 0 unspecified atom stereocenters. The maximum absolute atomic E-state index is 11.8. The number of carboxylic acid groups (broad SMARTS) is 1. The molecule has 0 spiro atoms. The molecule has 7 heteroatoms. The Morgan fingerprint density at radius 3 is 2.75 bits per heavy atom. The Kier molecular flexibility index (Phi) is 4.07. The van der Waals surface area contributed by atoms with E-state index in [1.54, 1.807) is 24.4 Å². The van der Waals surface area contributed by atoms with E-state index in [0.717, 1.165) is 5.69 Å². The number of aromatic carboxylic acids is 1. The number of cyclic esters (lactones) is 1. The van der Waals surface area contributed by atoms with Crippen molar-refractivity contribution in [3.63, 3.8) is 0 Å². The van der Waals surface area contributed by atoms with Crippen molar-refractivity contribution in [2.24, 2.45) is 0 Å². The molecule has 1 aromatic carbocycles. The highest BCUT2D eigenvalue weighted by Gasteiger charge is 2.25. The number of anilines is 1. The molecule has 0 saturated carbocycles. The van der Waals surface area contributed by atoms with Crippen LogP contribution in [0.1, 0.15) is 16.1 Å². The van der Waals surface area contributed by atoms with Gasteiger partial charge in [-0.25, -0.2) is 9.59 Å². The Morgan fingerprint density at radius 2 is 2.12 bits per heavy atom. The lowest BCUT2D eigenvalue weighted by Gasteiger charge is -2.17. The number of ether oxygens (including phenoxy) is 2. The lowest BCUT2D eigenvalue weighted by atomic mass is 9.98. The molecular weight excluding hydrogens is 312 g/mol. The van der Waals surface area contributed by atoms with E-state index in [1.165, 1.54) is 18.1 Å². The summed E-state index contributed by atoms with van der Waals surface area (Å²) in [5.41, 5.74) is 2.50. The van der Waals surface area contributed by atoms with Crippen LogP contribution in [0.25, 0.3) is 11.1 Å². The summed E-state index contributed by atoms with van der Waals surface area (Å²) in [4.78, 5) is 29.0. The molecule has 2 heterocycles. The number of pyridine rings is 1. The van der Waals surface area contributed by atoms with Crippen LogP contribution < -0.4 is 9.64 Å². The van der Waals surface area contributed by atoms with E-state index in [2.05, 4.69) is 4.98 Å². The standard InChI is InChI=1S/C17H16N2O5/c1-10-7-14(15(23-2)9-18-10)13-8-11(3-4-12(13)16(20)21)19-5-6-24-17(19)22/h3-4,7-9H,5-6H2,1-2H3,(H,20,21). The summed E-state index contributed by atoms with van der Waals surface area (Å²) in [6.45, 7) is 2.55. The van der Waals surface area contributed by atoms with E-state index in [4.69, 9.17) is 9.47 Å². The van der Waals surface area contributed by atoms with Crippen molar-refractivity contribution in [2.75, 3.05) is 25.2 Å².